The number of fused-ring (bicyclic) bond motifs is 4. The van der Waals surface area contributed by atoms with Crippen molar-refractivity contribution in [1.82, 2.24) is 49.0 Å². The molecule has 0 fully saturated rings. The molecule has 0 bridgehead atoms. The summed E-state index contributed by atoms with van der Waals surface area (Å²) in [5, 5.41) is 22.1. The molecule has 0 aliphatic rings. The Kier molecular flexibility index (Phi) is 16.0. The first-order valence-corrected chi connectivity index (χ1v) is 23.2. The number of aryl methyl sites for hydroxylation is 4. The Morgan fingerprint density at radius 2 is 1.40 bits per heavy atom. The molecule has 0 saturated heterocycles. The van der Waals surface area contributed by atoms with E-state index in [0.29, 0.717) is 107 Å². The Bertz CT molecular complexity index is 3120. The highest BCUT2D eigenvalue weighted by Gasteiger charge is 2.24. The number of aliphatic carboxylic acids is 1. The number of nitrogens with zero attached hydrogens (tertiary/aromatic N) is 9. The van der Waals surface area contributed by atoms with Gasteiger partial charge in [-0.2, -0.15) is 10.2 Å². The maximum Gasteiger partial charge on any atom is 0.303 e. The molecule has 0 aliphatic carbocycles. The number of carboxylic acids is 1. The topological polar surface area (TPSA) is 282 Å². The van der Waals surface area contributed by atoms with Crippen molar-refractivity contribution in [2.75, 3.05) is 33.5 Å². The zero-order chi connectivity index (χ0) is 50.1. The number of carboxylic acid groups (broad SMARTS) is 1. The van der Waals surface area contributed by atoms with E-state index < -0.39 is 17.8 Å². The maximum atomic E-state index is 14.0. The molecule has 21 nitrogen and oxygen atoms in total. The van der Waals surface area contributed by atoms with E-state index in [0.717, 1.165) is 11.4 Å². The van der Waals surface area contributed by atoms with E-state index in [-0.39, 0.29) is 74.7 Å². The van der Waals surface area contributed by atoms with Crippen LogP contribution in [-0.2, 0) is 46.9 Å². The van der Waals surface area contributed by atoms with Crippen LogP contribution < -0.4 is 26.3 Å². The van der Waals surface area contributed by atoms with Crippen molar-refractivity contribution < 1.29 is 43.3 Å². The predicted octanol–water partition coefficient (Wildman–Crippen LogP) is 5.09. The summed E-state index contributed by atoms with van der Waals surface area (Å²) in [6.45, 7) is 10.3. The van der Waals surface area contributed by atoms with Crippen molar-refractivity contribution in [3.63, 3.8) is 0 Å². The summed E-state index contributed by atoms with van der Waals surface area (Å²) in [5.74, 6) is -1.20. The summed E-state index contributed by atoms with van der Waals surface area (Å²) in [6, 6.07) is 10.1. The molecule has 21 heteroatoms. The Morgan fingerprint density at radius 3 is 2.09 bits per heavy atom. The number of ether oxygens (including phenoxy) is 3. The minimum absolute atomic E-state index is 0.0813. The van der Waals surface area contributed by atoms with E-state index in [1.54, 1.807) is 42.3 Å². The Labute approximate surface area is 402 Å². The molecule has 0 atom stereocenters. The second kappa shape index (κ2) is 22.4. The first-order chi connectivity index (χ1) is 33.7. The van der Waals surface area contributed by atoms with Crippen LogP contribution in [0.4, 0.5) is 0 Å². The van der Waals surface area contributed by atoms with Gasteiger partial charge in [0.1, 0.15) is 39.9 Å². The van der Waals surface area contributed by atoms with Gasteiger partial charge in [0.05, 0.1) is 42.1 Å². The van der Waals surface area contributed by atoms with Crippen molar-refractivity contribution in [3.05, 3.63) is 88.8 Å². The number of imidazole rings is 1. The molecule has 70 heavy (non-hydrogen) atoms. The van der Waals surface area contributed by atoms with Gasteiger partial charge in [-0.15, -0.1) is 0 Å². The number of methoxy groups -OCH3 is 1. The number of hydrogen-bond acceptors (Lipinski definition) is 13. The number of hydrogen-bond donors (Lipinski definition) is 4. The van der Waals surface area contributed by atoms with Gasteiger partial charge in [-0.3, -0.25) is 33.3 Å². The summed E-state index contributed by atoms with van der Waals surface area (Å²) < 4.78 is 25.2. The zero-order valence-electron chi connectivity index (χ0n) is 40.0. The van der Waals surface area contributed by atoms with Crippen LogP contribution in [0, 0.1) is 13.8 Å². The third-order valence-corrected chi connectivity index (χ3v) is 11.5. The van der Waals surface area contributed by atoms with Gasteiger partial charge >= 0.3 is 5.97 Å². The lowest BCUT2D eigenvalue weighted by atomic mass is 10.1. The van der Waals surface area contributed by atoms with Crippen LogP contribution >= 0.6 is 0 Å². The molecule has 7 aromatic rings. The molecule has 5 aromatic heterocycles. The molecule has 0 aliphatic heterocycles. The van der Waals surface area contributed by atoms with Gasteiger partial charge in [-0.05, 0) is 76.9 Å². The smallest absolute Gasteiger partial charge is 0.303 e. The fraction of sp³-hybridized carbons (Fsp3) is 0.388. The molecule has 3 amide bonds. The molecule has 368 valence electrons. The van der Waals surface area contributed by atoms with Crippen LogP contribution in [0.5, 0.6) is 11.5 Å². The van der Waals surface area contributed by atoms with Crippen LogP contribution in [0.15, 0.2) is 54.7 Å². The number of benzene rings is 2. The van der Waals surface area contributed by atoms with Crippen molar-refractivity contribution in [1.29, 1.82) is 0 Å². The van der Waals surface area contributed by atoms with E-state index in [1.165, 1.54) is 6.07 Å². The molecule has 0 spiro atoms. The number of amides is 3. The molecule has 5 heterocycles. The summed E-state index contributed by atoms with van der Waals surface area (Å²) in [7, 11) is 1.61. The molecule has 7 rings (SSSR count). The van der Waals surface area contributed by atoms with Gasteiger partial charge in [0.25, 0.3) is 0 Å². The zero-order valence-corrected chi connectivity index (χ0v) is 40.0. The predicted molar refractivity (Wildman–Crippen MR) is 260 cm³/mol. The number of carbonyl (C=O) groups excluding carboxylic acids is 4. The number of primary amides is 2. The van der Waals surface area contributed by atoms with Gasteiger partial charge in [0.15, 0.2) is 11.6 Å². The quantitative estimate of drug-likeness (QED) is 0.0313. The van der Waals surface area contributed by atoms with Gasteiger partial charge in [-0.1, -0.05) is 12.2 Å². The number of ketones is 1. The lowest BCUT2D eigenvalue weighted by molar-refractivity contribution is -0.137. The van der Waals surface area contributed by atoms with Crippen LogP contribution in [0.3, 0.4) is 0 Å². The summed E-state index contributed by atoms with van der Waals surface area (Å²) >= 11 is 0. The number of aromatic nitrogens is 9. The third kappa shape index (κ3) is 11.3. The minimum Gasteiger partial charge on any atom is -0.491 e. The Hall–Kier alpha value is -7.94. The largest absolute Gasteiger partial charge is 0.491 e. The lowest BCUT2D eigenvalue weighted by Crippen LogP contribution is -2.25. The van der Waals surface area contributed by atoms with Crippen LogP contribution in [0.2, 0.25) is 0 Å². The van der Waals surface area contributed by atoms with E-state index in [9.17, 15) is 24.0 Å². The Morgan fingerprint density at radius 1 is 0.743 bits per heavy atom. The van der Waals surface area contributed by atoms with Crippen molar-refractivity contribution in [3.8, 4) is 23.0 Å². The molecular weight excluding hydrogens is 901 g/mol. The standard InChI is InChI=1S/C49H58N12O9/c1-6-60-36(21-29(3)56-60)38(62)27-41-54-35-24-32(47(51)67)26-40(69-19-11-15-52-42(63)13-10-14-43(64)65)45(35)58(41)16-8-9-17-59-44-33(23-31(46(50)66)25-39(44)70-20-12-18-68-5)34-28-53-48(55-49(34)59)37-22-30(4)57-61(37)7-2/h8-9,21-26,28H,6-7,10-20,27H2,1-5H3,(H2,50,66)(H2,51,67)(H,52,63)(H,64,65)/b9-8+. The van der Waals surface area contributed by atoms with Gasteiger partial charge in [0.2, 0.25) is 17.7 Å². The normalized spacial score (nSPS) is 11.6. The summed E-state index contributed by atoms with van der Waals surface area (Å²) in [6.07, 6.45) is 6.67. The molecule has 2 aromatic carbocycles. The van der Waals surface area contributed by atoms with Crippen molar-refractivity contribution in [2.24, 2.45) is 11.5 Å². The van der Waals surface area contributed by atoms with Gasteiger partial charge in [0, 0.05) is 93.8 Å². The number of rotatable bonds is 26. The number of nitrogens with two attached hydrogens (primary N) is 2. The minimum atomic E-state index is -0.968. The lowest BCUT2D eigenvalue weighted by Gasteiger charge is -2.13. The third-order valence-electron chi connectivity index (χ3n) is 11.5. The summed E-state index contributed by atoms with van der Waals surface area (Å²) in [5.41, 5.74) is 16.9. The van der Waals surface area contributed by atoms with Crippen LogP contribution in [0.1, 0.15) is 94.4 Å². The highest BCUT2D eigenvalue weighted by atomic mass is 16.5. The first-order valence-electron chi connectivity index (χ1n) is 23.2. The fourth-order valence-corrected chi connectivity index (χ4v) is 8.31. The highest BCUT2D eigenvalue weighted by Crippen LogP contribution is 2.37. The molecule has 0 unspecified atom stereocenters. The van der Waals surface area contributed by atoms with Crippen molar-refractivity contribution in [2.45, 2.75) is 92.4 Å². The molecular formula is C49H58N12O9. The van der Waals surface area contributed by atoms with Crippen LogP contribution in [-0.4, -0.2) is 112 Å². The number of carbonyl (C=O) groups is 5. The number of Topliss-reactive ketones (excluding diaryl/α,β-unsaturated/α-hetero) is 1. The molecule has 0 saturated carbocycles. The van der Waals surface area contributed by atoms with Gasteiger partial charge < -0.3 is 45.2 Å². The van der Waals surface area contributed by atoms with E-state index in [1.807, 2.05) is 59.7 Å². The Balaban J connectivity index is 1.28. The summed E-state index contributed by atoms with van der Waals surface area (Å²) in [4.78, 5) is 77.3. The number of allylic oxidation sites excluding steroid dienone is 2. The molecule has 0 radical (unpaired) electrons. The monoisotopic (exact) mass is 958 g/mol. The second-order valence-electron chi connectivity index (χ2n) is 16.7. The highest BCUT2D eigenvalue weighted by molar-refractivity contribution is 6.12. The number of nitrogens with one attached hydrogen (secondary N) is 1. The van der Waals surface area contributed by atoms with E-state index in [2.05, 4.69) is 15.5 Å². The maximum absolute atomic E-state index is 14.0. The van der Waals surface area contributed by atoms with E-state index in [4.69, 9.17) is 45.7 Å². The van der Waals surface area contributed by atoms with E-state index >= 15 is 0 Å². The SMILES string of the molecule is CCn1nc(C)cc1C(=O)Cc1nc2cc(C(N)=O)cc(OCCCNC(=O)CCCC(=O)O)c2n1C/C=C/Cn1c2nc(-c3cc(C)nn3CC)ncc2c2cc(C(N)=O)cc(OCCCOC)c21. The van der Waals surface area contributed by atoms with Crippen molar-refractivity contribution >= 4 is 62.4 Å². The van der Waals surface area contributed by atoms with Gasteiger partial charge in [-0.25, -0.2) is 15.0 Å². The fourth-order valence-electron chi connectivity index (χ4n) is 8.31. The molecule has 6 N–H and O–H groups in total. The van der Waals surface area contributed by atoms with Crippen LogP contribution in [0.25, 0.3) is 44.5 Å². The average molecular weight is 959 g/mol. The average Bonchev–Trinajstić information content (AvgIpc) is 4.09. The first kappa shape index (κ1) is 50.0. The second-order valence-corrected chi connectivity index (χ2v) is 16.7.